The minimum absolute atomic E-state index is 0.00439. The quantitative estimate of drug-likeness (QED) is 0.241. The standard InChI is InChI=1S/C23H23N5O2.C4H13N3/c1-3-20(29)27(4-2)28-14-19(21-22(24)25-15-26-23(21)28)16-10-12-18(13-11-16)30-17-8-6-5-7-9-17;5-1-3-7-4-2-6/h5-15H,3-4H2,1-2H3,(H2,24,25,26);7H,1-6H2. The lowest BCUT2D eigenvalue weighted by atomic mass is 10.1. The fraction of sp³-hybridized carbons (Fsp3) is 0.296. The van der Waals surface area contributed by atoms with Gasteiger partial charge in [-0.15, -0.1) is 0 Å². The second-order valence-electron chi connectivity index (χ2n) is 8.07. The van der Waals surface area contributed by atoms with Crippen LogP contribution in [0.1, 0.15) is 20.3 Å². The van der Waals surface area contributed by atoms with Crippen molar-refractivity contribution in [2.45, 2.75) is 20.3 Å². The summed E-state index contributed by atoms with van der Waals surface area (Å²) in [7, 11) is 0. The van der Waals surface area contributed by atoms with Crippen LogP contribution in [0.5, 0.6) is 11.5 Å². The molecule has 1 amide bonds. The first-order valence-corrected chi connectivity index (χ1v) is 12.4. The van der Waals surface area contributed by atoms with Gasteiger partial charge in [-0.3, -0.25) is 4.79 Å². The molecule has 0 bridgehead atoms. The number of para-hydroxylation sites is 1. The van der Waals surface area contributed by atoms with Gasteiger partial charge >= 0.3 is 0 Å². The molecule has 0 radical (unpaired) electrons. The first-order chi connectivity index (χ1) is 18.0. The molecule has 0 atom stereocenters. The number of nitrogen functional groups attached to an aromatic ring is 1. The molecule has 2 aromatic carbocycles. The predicted molar refractivity (Wildman–Crippen MR) is 149 cm³/mol. The van der Waals surface area contributed by atoms with Crippen molar-refractivity contribution in [3.05, 3.63) is 67.1 Å². The monoisotopic (exact) mass is 504 g/mol. The average molecular weight is 505 g/mol. The molecule has 0 spiro atoms. The van der Waals surface area contributed by atoms with Gasteiger partial charge in [-0.1, -0.05) is 37.3 Å². The summed E-state index contributed by atoms with van der Waals surface area (Å²) in [4.78, 5) is 21.0. The summed E-state index contributed by atoms with van der Waals surface area (Å²) in [6, 6.07) is 17.3. The number of anilines is 1. The van der Waals surface area contributed by atoms with Crippen molar-refractivity contribution in [2.24, 2.45) is 11.5 Å². The third-order valence-corrected chi connectivity index (χ3v) is 5.53. The molecule has 0 saturated heterocycles. The molecule has 37 heavy (non-hydrogen) atoms. The molecule has 0 unspecified atom stereocenters. The van der Waals surface area contributed by atoms with E-state index < -0.39 is 0 Å². The molecule has 4 aromatic rings. The Balaban J connectivity index is 0.000000479. The van der Waals surface area contributed by atoms with Crippen LogP contribution in [0.15, 0.2) is 67.1 Å². The van der Waals surface area contributed by atoms with Crippen LogP contribution in [-0.2, 0) is 4.79 Å². The lowest BCUT2D eigenvalue weighted by molar-refractivity contribution is -0.119. The molecule has 0 aliphatic rings. The Morgan fingerprint density at radius 3 is 2.22 bits per heavy atom. The Bertz CT molecular complexity index is 1250. The Morgan fingerprint density at radius 2 is 1.62 bits per heavy atom. The van der Waals surface area contributed by atoms with Gasteiger partial charge in [-0.2, -0.15) is 0 Å². The summed E-state index contributed by atoms with van der Waals surface area (Å²) in [5.41, 5.74) is 18.9. The number of carbonyl (C=O) groups is 1. The van der Waals surface area contributed by atoms with E-state index in [1.165, 1.54) is 6.33 Å². The molecule has 10 nitrogen and oxygen atoms in total. The number of carbonyl (C=O) groups excluding carboxylic acids is 1. The minimum Gasteiger partial charge on any atom is -0.457 e. The number of fused-ring (bicyclic) bond motifs is 1. The number of hydrogen-bond acceptors (Lipinski definition) is 8. The number of nitrogens with zero attached hydrogens (tertiary/aromatic N) is 4. The van der Waals surface area contributed by atoms with Crippen molar-refractivity contribution in [3.8, 4) is 22.6 Å². The maximum atomic E-state index is 12.5. The fourth-order valence-corrected chi connectivity index (χ4v) is 3.76. The Morgan fingerprint density at radius 1 is 0.973 bits per heavy atom. The van der Waals surface area contributed by atoms with Crippen LogP contribution in [0, 0.1) is 0 Å². The maximum Gasteiger partial charge on any atom is 0.241 e. The topological polar surface area (TPSA) is 150 Å². The molecular weight excluding hydrogens is 468 g/mol. The normalized spacial score (nSPS) is 10.6. The molecule has 10 heteroatoms. The van der Waals surface area contributed by atoms with Crippen molar-refractivity contribution in [1.29, 1.82) is 0 Å². The van der Waals surface area contributed by atoms with Gasteiger partial charge in [0.1, 0.15) is 23.6 Å². The number of hydrogen-bond donors (Lipinski definition) is 4. The lowest BCUT2D eigenvalue weighted by Gasteiger charge is -2.22. The van der Waals surface area contributed by atoms with Crippen LogP contribution in [0.4, 0.5) is 5.82 Å². The molecule has 2 aromatic heterocycles. The summed E-state index contributed by atoms with van der Waals surface area (Å²) in [5, 5.41) is 5.41. The van der Waals surface area contributed by atoms with E-state index in [-0.39, 0.29) is 5.91 Å². The third kappa shape index (κ3) is 7.04. The van der Waals surface area contributed by atoms with Gasteiger partial charge in [0, 0.05) is 50.9 Å². The summed E-state index contributed by atoms with van der Waals surface area (Å²) in [5.74, 6) is 1.88. The number of ether oxygens (including phenoxy) is 1. The SMILES string of the molecule is CCC(=O)N(CC)n1cc(-c2ccc(Oc3ccccc3)cc2)c2c(N)ncnc21.NCCNCCN. The summed E-state index contributed by atoms with van der Waals surface area (Å²) in [6.07, 6.45) is 3.70. The minimum atomic E-state index is 0.00439. The highest BCUT2D eigenvalue weighted by atomic mass is 16.5. The molecule has 7 N–H and O–H groups in total. The van der Waals surface area contributed by atoms with E-state index in [1.54, 1.807) is 9.69 Å². The van der Waals surface area contributed by atoms with Crippen LogP contribution in [0.25, 0.3) is 22.2 Å². The van der Waals surface area contributed by atoms with E-state index >= 15 is 0 Å². The zero-order valence-electron chi connectivity index (χ0n) is 21.4. The van der Waals surface area contributed by atoms with Gasteiger partial charge in [0.05, 0.1) is 5.39 Å². The lowest BCUT2D eigenvalue weighted by Crippen LogP contribution is -2.39. The maximum absolute atomic E-state index is 12.5. The van der Waals surface area contributed by atoms with Gasteiger partial charge in [0.15, 0.2) is 5.65 Å². The number of rotatable bonds is 10. The highest BCUT2D eigenvalue weighted by Crippen LogP contribution is 2.34. The van der Waals surface area contributed by atoms with E-state index in [0.717, 1.165) is 41.1 Å². The van der Waals surface area contributed by atoms with Crippen LogP contribution >= 0.6 is 0 Å². The third-order valence-electron chi connectivity index (χ3n) is 5.53. The van der Waals surface area contributed by atoms with Crippen LogP contribution in [0.2, 0.25) is 0 Å². The Kier molecular flexibility index (Phi) is 10.4. The Hall–Kier alpha value is -3.99. The van der Waals surface area contributed by atoms with Gasteiger partial charge in [0.25, 0.3) is 0 Å². The fourth-order valence-electron chi connectivity index (χ4n) is 3.76. The smallest absolute Gasteiger partial charge is 0.241 e. The van der Waals surface area contributed by atoms with Crippen molar-refractivity contribution >= 4 is 22.8 Å². The van der Waals surface area contributed by atoms with Crippen molar-refractivity contribution < 1.29 is 9.53 Å². The van der Waals surface area contributed by atoms with Gasteiger partial charge in [0.2, 0.25) is 5.91 Å². The second kappa shape index (κ2) is 13.9. The number of nitrogens with one attached hydrogen (secondary N) is 1. The number of amides is 1. The van der Waals surface area contributed by atoms with E-state index in [1.807, 2.05) is 74.6 Å². The van der Waals surface area contributed by atoms with E-state index in [4.69, 9.17) is 21.9 Å². The molecule has 2 heterocycles. The molecule has 0 aliphatic carbocycles. The van der Waals surface area contributed by atoms with E-state index in [0.29, 0.717) is 37.5 Å². The molecule has 0 fully saturated rings. The molecular formula is C27H36N8O2. The average Bonchev–Trinajstić information content (AvgIpc) is 3.31. The predicted octanol–water partition coefficient (Wildman–Crippen LogP) is 2.86. The van der Waals surface area contributed by atoms with Crippen LogP contribution in [-0.4, -0.2) is 53.3 Å². The summed E-state index contributed by atoms with van der Waals surface area (Å²) in [6.45, 7) is 7.42. The van der Waals surface area contributed by atoms with Gasteiger partial charge in [-0.25, -0.2) is 19.7 Å². The van der Waals surface area contributed by atoms with E-state index in [2.05, 4.69) is 15.3 Å². The molecule has 4 rings (SSSR count). The largest absolute Gasteiger partial charge is 0.457 e. The number of nitrogens with two attached hydrogens (primary N) is 3. The van der Waals surface area contributed by atoms with E-state index in [9.17, 15) is 4.79 Å². The Labute approximate surface area is 217 Å². The van der Waals surface area contributed by atoms with Gasteiger partial charge < -0.3 is 27.3 Å². The number of aromatic nitrogens is 3. The van der Waals surface area contributed by atoms with Crippen molar-refractivity contribution in [2.75, 3.05) is 43.5 Å². The van der Waals surface area contributed by atoms with Crippen LogP contribution in [0.3, 0.4) is 0 Å². The molecule has 0 saturated carbocycles. The molecule has 0 aliphatic heterocycles. The first-order valence-electron chi connectivity index (χ1n) is 12.4. The summed E-state index contributed by atoms with van der Waals surface area (Å²) >= 11 is 0. The van der Waals surface area contributed by atoms with Gasteiger partial charge in [-0.05, 0) is 36.8 Å². The second-order valence-corrected chi connectivity index (χ2v) is 8.07. The zero-order valence-corrected chi connectivity index (χ0v) is 21.4. The summed E-state index contributed by atoms with van der Waals surface area (Å²) < 4.78 is 7.65. The molecule has 196 valence electrons. The highest BCUT2D eigenvalue weighted by Gasteiger charge is 2.20. The number of benzene rings is 2. The zero-order chi connectivity index (χ0) is 26.6. The van der Waals surface area contributed by atoms with Crippen LogP contribution < -0.4 is 32.3 Å². The first kappa shape index (κ1) is 27.6. The highest BCUT2D eigenvalue weighted by molar-refractivity contribution is 6.02. The van der Waals surface area contributed by atoms with Crippen molar-refractivity contribution in [1.82, 2.24) is 20.0 Å². The van der Waals surface area contributed by atoms with Crippen molar-refractivity contribution in [3.63, 3.8) is 0 Å².